The monoisotopic (exact) mass is 266 g/mol. The number of hydrogen-bond acceptors (Lipinski definition) is 3. The Labute approximate surface area is 110 Å². The molecule has 0 atom stereocenters. The lowest BCUT2D eigenvalue weighted by molar-refractivity contribution is -0.137. The summed E-state index contributed by atoms with van der Waals surface area (Å²) in [6.45, 7) is 4.11. The van der Waals surface area contributed by atoms with Crippen molar-refractivity contribution in [1.82, 2.24) is 10.3 Å². The summed E-state index contributed by atoms with van der Waals surface area (Å²) in [5, 5.41) is 11.1. The Morgan fingerprint density at radius 2 is 2.05 bits per heavy atom. The van der Waals surface area contributed by atoms with Gasteiger partial charge in [0.1, 0.15) is 0 Å². The number of rotatable bonds is 6. The van der Waals surface area contributed by atoms with Gasteiger partial charge in [0.2, 0.25) is 5.56 Å². The van der Waals surface area contributed by atoms with Gasteiger partial charge in [0.05, 0.1) is 0 Å². The molecule has 3 N–H and O–H groups in total. The van der Waals surface area contributed by atoms with Gasteiger partial charge >= 0.3 is 5.97 Å². The van der Waals surface area contributed by atoms with Crippen LogP contribution in [-0.2, 0) is 4.79 Å². The average molecular weight is 266 g/mol. The molecule has 0 spiro atoms. The molecule has 0 bridgehead atoms. The summed E-state index contributed by atoms with van der Waals surface area (Å²) in [4.78, 5) is 36.2. The average Bonchev–Trinajstić information content (AvgIpc) is 2.33. The van der Waals surface area contributed by atoms with E-state index in [4.69, 9.17) is 5.11 Å². The Morgan fingerprint density at radius 1 is 1.37 bits per heavy atom. The predicted molar refractivity (Wildman–Crippen MR) is 70.4 cm³/mol. The fourth-order valence-corrected chi connectivity index (χ4v) is 1.55. The van der Waals surface area contributed by atoms with E-state index in [0.29, 0.717) is 17.7 Å². The second kappa shape index (κ2) is 6.72. The highest BCUT2D eigenvalue weighted by Crippen LogP contribution is 2.10. The third kappa shape index (κ3) is 4.95. The standard InChI is InChI=1S/C13H18N2O4/c1-8(2)10-6-9(7-11(16)15-10)13(19)14-5-3-4-12(17)18/h6-8H,3-5H2,1-2H3,(H,14,19)(H,15,16)(H,17,18). The molecule has 104 valence electrons. The van der Waals surface area contributed by atoms with Gasteiger partial charge in [-0.05, 0) is 18.4 Å². The molecule has 0 aliphatic carbocycles. The maximum atomic E-state index is 11.8. The summed E-state index contributed by atoms with van der Waals surface area (Å²) in [5.74, 6) is -1.14. The van der Waals surface area contributed by atoms with E-state index in [0.717, 1.165) is 0 Å². The zero-order valence-corrected chi connectivity index (χ0v) is 11.0. The van der Waals surface area contributed by atoms with Crippen molar-refractivity contribution < 1.29 is 14.7 Å². The molecule has 1 amide bonds. The van der Waals surface area contributed by atoms with Crippen molar-refractivity contribution in [2.24, 2.45) is 0 Å². The summed E-state index contributed by atoms with van der Waals surface area (Å²) < 4.78 is 0. The van der Waals surface area contributed by atoms with Crippen LogP contribution in [0.4, 0.5) is 0 Å². The summed E-state index contributed by atoms with van der Waals surface area (Å²) in [6.07, 6.45) is 0.369. The maximum Gasteiger partial charge on any atom is 0.303 e. The minimum absolute atomic E-state index is 0.00684. The molecule has 1 aromatic heterocycles. The molecule has 19 heavy (non-hydrogen) atoms. The first-order valence-electron chi connectivity index (χ1n) is 6.14. The van der Waals surface area contributed by atoms with Crippen molar-refractivity contribution in [3.8, 4) is 0 Å². The SMILES string of the molecule is CC(C)c1cc(C(=O)NCCCC(=O)O)cc(=O)[nH]1. The zero-order valence-electron chi connectivity index (χ0n) is 11.0. The molecule has 0 saturated heterocycles. The lowest BCUT2D eigenvalue weighted by Gasteiger charge is -2.08. The second-order valence-electron chi connectivity index (χ2n) is 4.60. The molecule has 1 heterocycles. The molecule has 6 nitrogen and oxygen atoms in total. The number of carboxylic acid groups (broad SMARTS) is 1. The van der Waals surface area contributed by atoms with E-state index >= 15 is 0 Å². The fraction of sp³-hybridized carbons (Fsp3) is 0.462. The summed E-state index contributed by atoms with van der Waals surface area (Å²) in [5.41, 5.74) is 0.674. The first kappa shape index (κ1) is 14.9. The van der Waals surface area contributed by atoms with Crippen LogP contribution in [0.3, 0.4) is 0 Å². The number of amides is 1. The number of carboxylic acids is 1. The van der Waals surface area contributed by atoms with Crippen molar-refractivity contribution >= 4 is 11.9 Å². The van der Waals surface area contributed by atoms with Gasteiger partial charge in [-0.2, -0.15) is 0 Å². The third-order valence-electron chi connectivity index (χ3n) is 2.60. The molecule has 6 heteroatoms. The van der Waals surface area contributed by atoms with Gasteiger partial charge in [-0.25, -0.2) is 0 Å². The number of aliphatic carboxylic acids is 1. The summed E-state index contributed by atoms with van der Waals surface area (Å²) >= 11 is 0. The quantitative estimate of drug-likeness (QED) is 0.671. The van der Waals surface area contributed by atoms with Gasteiger partial charge < -0.3 is 15.4 Å². The van der Waals surface area contributed by atoms with E-state index in [2.05, 4.69) is 10.3 Å². The van der Waals surface area contributed by atoms with Crippen LogP contribution in [0.2, 0.25) is 0 Å². The van der Waals surface area contributed by atoms with Gasteiger partial charge in [0.25, 0.3) is 5.91 Å². The molecule has 0 radical (unpaired) electrons. The Balaban J connectivity index is 2.66. The minimum Gasteiger partial charge on any atom is -0.481 e. The van der Waals surface area contributed by atoms with Crippen molar-refractivity contribution in [3.05, 3.63) is 33.7 Å². The second-order valence-corrected chi connectivity index (χ2v) is 4.60. The Bertz CT molecular complexity index is 520. The van der Waals surface area contributed by atoms with Crippen LogP contribution in [0.15, 0.2) is 16.9 Å². The highest BCUT2D eigenvalue weighted by Gasteiger charge is 2.09. The number of nitrogens with one attached hydrogen (secondary N) is 2. The third-order valence-corrected chi connectivity index (χ3v) is 2.60. The van der Waals surface area contributed by atoms with Crippen LogP contribution in [0.1, 0.15) is 48.7 Å². The minimum atomic E-state index is -0.896. The van der Waals surface area contributed by atoms with Crippen LogP contribution in [0, 0.1) is 0 Å². The van der Waals surface area contributed by atoms with Crippen LogP contribution < -0.4 is 10.9 Å². The molecule has 0 aliphatic heterocycles. The van der Waals surface area contributed by atoms with Crippen LogP contribution in [-0.4, -0.2) is 28.5 Å². The van der Waals surface area contributed by atoms with Gasteiger partial charge in [0.15, 0.2) is 0 Å². The van der Waals surface area contributed by atoms with Crippen LogP contribution in [0.25, 0.3) is 0 Å². The van der Waals surface area contributed by atoms with Crippen molar-refractivity contribution in [1.29, 1.82) is 0 Å². The number of pyridine rings is 1. The first-order chi connectivity index (χ1) is 8.90. The number of aromatic nitrogens is 1. The Kier molecular flexibility index (Phi) is 5.29. The highest BCUT2D eigenvalue weighted by molar-refractivity contribution is 5.94. The molecule has 0 unspecified atom stereocenters. The Morgan fingerprint density at radius 3 is 2.63 bits per heavy atom. The smallest absolute Gasteiger partial charge is 0.303 e. The molecule has 1 aromatic rings. The molecule has 1 rings (SSSR count). The van der Waals surface area contributed by atoms with Crippen LogP contribution in [0.5, 0.6) is 0 Å². The van der Waals surface area contributed by atoms with Crippen molar-refractivity contribution in [2.75, 3.05) is 6.54 Å². The van der Waals surface area contributed by atoms with Crippen LogP contribution >= 0.6 is 0 Å². The molecular formula is C13H18N2O4. The van der Waals surface area contributed by atoms with E-state index in [9.17, 15) is 14.4 Å². The van der Waals surface area contributed by atoms with E-state index in [1.807, 2.05) is 13.8 Å². The lowest BCUT2D eigenvalue weighted by Crippen LogP contribution is -2.26. The number of aromatic amines is 1. The highest BCUT2D eigenvalue weighted by atomic mass is 16.4. The molecule has 0 fully saturated rings. The van der Waals surface area contributed by atoms with E-state index in [-0.39, 0.29) is 30.3 Å². The van der Waals surface area contributed by atoms with Crippen molar-refractivity contribution in [2.45, 2.75) is 32.6 Å². The Hall–Kier alpha value is -2.11. The molecular weight excluding hydrogens is 248 g/mol. The summed E-state index contributed by atoms with van der Waals surface area (Å²) in [6, 6.07) is 2.87. The fourth-order valence-electron chi connectivity index (χ4n) is 1.55. The largest absolute Gasteiger partial charge is 0.481 e. The molecule has 0 aliphatic rings. The molecule has 0 saturated carbocycles. The zero-order chi connectivity index (χ0) is 14.4. The number of H-pyrrole nitrogens is 1. The van der Waals surface area contributed by atoms with Gasteiger partial charge in [-0.1, -0.05) is 13.8 Å². The van der Waals surface area contributed by atoms with Gasteiger partial charge in [-0.3, -0.25) is 14.4 Å². The predicted octanol–water partition coefficient (Wildman–Crippen LogP) is 1.09. The topological polar surface area (TPSA) is 99.3 Å². The van der Waals surface area contributed by atoms with E-state index in [1.165, 1.54) is 6.07 Å². The lowest BCUT2D eigenvalue weighted by atomic mass is 10.1. The van der Waals surface area contributed by atoms with E-state index < -0.39 is 5.97 Å². The van der Waals surface area contributed by atoms with E-state index in [1.54, 1.807) is 6.07 Å². The number of hydrogen-bond donors (Lipinski definition) is 3. The normalized spacial score (nSPS) is 10.5. The number of carbonyl (C=O) groups excluding carboxylic acids is 1. The molecule has 0 aromatic carbocycles. The van der Waals surface area contributed by atoms with Gasteiger partial charge in [-0.15, -0.1) is 0 Å². The number of carbonyl (C=O) groups is 2. The maximum absolute atomic E-state index is 11.8. The summed E-state index contributed by atoms with van der Waals surface area (Å²) in [7, 11) is 0. The van der Waals surface area contributed by atoms with Crippen molar-refractivity contribution in [3.63, 3.8) is 0 Å². The van der Waals surface area contributed by atoms with Gasteiger partial charge in [0, 0.05) is 30.3 Å². The first-order valence-corrected chi connectivity index (χ1v) is 6.14.